The van der Waals surface area contributed by atoms with Crippen LogP contribution in [-0.4, -0.2) is 58.7 Å². The summed E-state index contributed by atoms with van der Waals surface area (Å²) < 4.78 is 18.3. The number of ether oxygens (including phenoxy) is 1. The second kappa shape index (κ2) is 12.0. The van der Waals surface area contributed by atoms with Crippen LogP contribution in [0.15, 0.2) is 54.9 Å². The Morgan fingerprint density at radius 2 is 1.86 bits per heavy atom. The van der Waals surface area contributed by atoms with E-state index in [2.05, 4.69) is 30.7 Å². The largest absolute Gasteiger partial charge is 0.375 e. The number of aromatic nitrogens is 3. The van der Waals surface area contributed by atoms with Gasteiger partial charge in [-0.2, -0.15) is 0 Å². The maximum Gasteiger partial charge on any atom is 0.249 e. The number of alkyl halides is 1. The molecule has 188 valence electrons. The van der Waals surface area contributed by atoms with Gasteiger partial charge in [0.05, 0.1) is 11.7 Å². The molecule has 2 heterocycles. The van der Waals surface area contributed by atoms with E-state index < -0.39 is 18.8 Å². The Hall–Kier alpha value is -3.10. The minimum Gasteiger partial charge on any atom is -0.375 e. The first-order valence-electron chi connectivity index (χ1n) is 11.9. The highest BCUT2D eigenvalue weighted by atomic mass is 19.1. The number of amides is 1. The van der Waals surface area contributed by atoms with Crippen LogP contribution in [0.5, 0.6) is 0 Å². The van der Waals surface area contributed by atoms with Crippen molar-refractivity contribution in [1.29, 1.82) is 0 Å². The van der Waals surface area contributed by atoms with Gasteiger partial charge in [-0.25, -0.2) is 9.37 Å². The zero-order valence-corrected chi connectivity index (χ0v) is 21.0. The van der Waals surface area contributed by atoms with E-state index in [0.717, 1.165) is 22.5 Å². The van der Waals surface area contributed by atoms with Gasteiger partial charge in [0, 0.05) is 49.8 Å². The quantitative estimate of drug-likeness (QED) is 0.425. The molecule has 2 atom stereocenters. The van der Waals surface area contributed by atoms with Crippen molar-refractivity contribution in [3.63, 3.8) is 0 Å². The predicted molar refractivity (Wildman–Crippen MR) is 135 cm³/mol. The van der Waals surface area contributed by atoms with Crippen molar-refractivity contribution in [3.05, 3.63) is 71.9 Å². The summed E-state index contributed by atoms with van der Waals surface area (Å²) in [5.74, 6) is 0.491. The molecule has 3 N–H and O–H groups in total. The minimum absolute atomic E-state index is 0.0758. The second-order valence-corrected chi connectivity index (χ2v) is 9.84. The van der Waals surface area contributed by atoms with Crippen LogP contribution in [0.1, 0.15) is 50.3 Å². The van der Waals surface area contributed by atoms with Gasteiger partial charge in [0.15, 0.2) is 0 Å². The molecule has 0 unspecified atom stereocenters. The van der Waals surface area contributed by atoms with Gasteiger partial charge in [0.25, 0.3) is 0 Å². The van der Waals surface area contributed by atoms with Gasteiger partial charge in [-0.05, 0) is 29.5 Å². The van der Waals surface area contributed by atoms with Crippen LogP contribution >= 0.6 is 0 Å². The third kappa shape index (κ3) is 6.96. The van der Waals surface area contributed by atoms with Crippen LogP contribution in [0.4, 0.5) is 4.39 Å². The van der Waals surface area contributed by atoms with Crippen molar-refractivity contribution in [1.82, 2.24) is 19.9 Å². The highest BCUT2D eigenvalue weighted by molar-refractivity contribution is 5.78. The lowest BCUT2D eigenvalue weighted by atomic mass is 9.84. The normalized spacial score (nSPS) is 13.4. The monoisotopic (exact) mass is 481 g/mol. The molecular weight excluding hydrogens is 445 g/mol. The standard InChI is InChI=1S/C27H36FN5O2/c1-27(2,3)25(33(23(34)18-35-4)15-12-21(29)17-28)26-31-22(16-19-10-13-30-14-11-19)24(32-26)20-8-6-5-7-9-20/h5-11,13-14,21,25H,12,15-18,29H2,1-4H3,(H,31,32)/t21-,25-/m0/s1. The molecule has 0 fully saturated rings. The van der Waals surface area contributed by atoms with E-state index in [1.807, 2.05) is 42.5 Å². The third-order valence-electron chi connectivity index (χ3n) is 5.89. The Morgan fingerprint density at radius 1 is 1.17 bits per heavy atom. The molecule has 0 saturated carbocycles. The van der Waals surface area contributed by atoms with E-state index in [0.29, 0.717) is 25.2 Å². The molecule has 1 aromatic carbocycles. The fraction of sp³-hybridized carbons (Fsp3) is 0.444. The molecule has 0 spiro atoms. The molecule has 3 aromatic rings. The van der Waals surface area contributed by atoms with Gasteiger partial charge < -0.3 is 20.4 Å². The summed E-state index contributed by atoms with van der Waals surface area (Å²) in [4.78, 5) is 27.6. The number of carbonyl (C=O) groups is 1. The maximum atomic E-state index is 13.2. The summed E-state index contributed by atoms with van der Waals surface area (Å²) >= 11 is 0. The Bertz CT molecular complexity index is 1070. The number of halogens is 1. The van der Waals surface area contributed by atoms with Crippen molar-refractivity contribution in [2.24, 2.45) is 11.1 Å². The first kappa shape index (κ1) is 26.5. The fourth-order valence-corrected chi connectivity index (χ4v) is 4.24. The molecule has 0 radical (unpaired) electrons. The minimum atomic E-state index is -0.637. The lowest BCUT2D eigenvalue weighted by molar-refractivity contribution is -0.140. The number of H-pyrrole nitrogens is 1. The fourth-order valence-electron chi connectivity index (χ4n) is 4.24. The molecular formula is C27H36FN5O2. The topological polar surface area (TPSA) is 97.1 Å². The lowest BCUT2D eigenvalue weighted by Crippen LogP contribution is -2.45. The molecule has 0 bridgehead atoms. The van der Waals surface area contributed by atoms with Crippen molar-refractivity contribution in [3.8, 4) is 11.3 Å². The molecule has 7 nitrogen and oxygen atoms in total. The van der Waals surface area contributed by atoms with Gasteiger partial charge in [0.1, 0.15) is 19.1 Å². The van der Waals surface area contributed by atoms with Crippen molar-refractivity contribution in [2.75, 3.05) is 26.9 Å². The molecule has 1 amide bonds. The van der Waals surface area contributed by atoms with Crippen LogP contribution in [0, 0.1) is 5.41 Å². The molecule has 0 saturated heterocycles. The summed E-state index contributed by atoms with van der Waals surface area (Å²) in [6.07, 6.45) is 4.52. The average Bonchev–Trinajstić information content (AvgIpc) is 3.24. The molecule has 0 aliphatic rings. The Labute approximate surface area is 206 Å². The number of hydrogen-bond donors (Lipinski definition) is 2. The number of pyridine rings is 1. The number of carbonyl (C=O) groups excluding carboxylic acids is 1. The number of hydrogen-bond acceptors (Lipinski definition) is 5. The van der Waals surface area contributed by atoms with Gasteiger partial charge in [-0.3, -0.25) is 9.78 Å². The molecule has 0 aliphatic carbocycles. The van der Waals surface area contributed by atoms with Gasteiger partial charge >= 0.3 is 0 Å². The lowest BCUT2D eigenvalue weighted by Gasteiger charge is -2.39. The maximum absolute atomic E-state index is 13.2. The number of methoxy groups -OCH3 is 1. The van der Waals surface area contributed by atoms with Crippen molar-refractivity contribution in [2.45, 2.75) is 45.7 Å². The molecule has 3 rings (SSSR count). The number of aromatic amines is 1. The van der Waals surface area contributed by atoms with Crippen LogP contribution < -0.4 is 5.73 Å². The third-order valence-corrected chi connectivity index (χ3v) is 5.89. The highest BCUT2D eigenvalue weighted by Crippen LogP contribution is 2.39. The molecule has 8 heteroatoms. The Kier molecular flexibility index (Phi) is 9.12. The SMILES string of the molecule is COCC(=O)N(CC[C@H](N)CF)[C@@H](c1nc(-c2ccccc2)c(Cc2ccncc2)[nH]1)C(C)(C)C. The van der Waals surface area contributed by atoms with Gasteiger partial charge in [-0.15, -0.1) is 0 Å². The van der Waals surface area contributed by atoms with Crippen LogP contribution in [0.25, 0.3) is 11.3 Å². The number of nitrogens with zero attached hydrogens (tertiary/aromatic N) is 3. The Morgan fingerprint density at radius 3 is 2.46 bits per heavy atom. The van der Waals surface area contributed by atoms with E-state index in [-0.39, 0.29) is 17.9 Å². The predicted octanol–water partition coefficient (Wildman–Crippen LogP) is 4.31. The van der Waals surface area contributed by atoms with Crippen molar-refractivity contribution < 1.29 is 13.9 Å². The Balaban J connectivity index is 2.09. The highest BCUT2D eigenvalue weighted by Gasteiger charge is 2.37. The summed E-state index contributed by atoms with van der Waals surface area (Å²) in [6, 6.07) is 12.9. The number of nitrogens with two attached hydrogens (primary N) is 1. The number of benzene rings is 1. The van der Waals surface area contributed by atoms with E-state index in [1.54, 1.807) is 17.3 Å². The van der Waals surface area contributed by atoms with Crippen LogP contribution in [0.3, 0.4) is 0 Å². The first-order chi connectivity index (χ1) is 16.7. The number of imidazole rings is 1. The zero-order chi connectivity index (χ0) is 25.4. The first-order valence-corrected chi connectivity index (χ1v) is 11.9. The van der Waals surface area contributed by atoms with Gasteiger partial charge in [-0.1, -0.05) is 51.1 Å². The number of rotatable bonds is 11. The van der Waals surface area contributed by atoms with Gasteiger partial charge in [0.2, 0.25) is 5.91 Å². The molecule has 35 heavy (non-hydrogen) atoms. The average molecular weight is 482 g/mol. The smallest absolute Gasteiger partial charge is 0.249 e. The van der Waals surface area contributed by atoms with Crippen molar-refractivity contribution >= 4 is 5.91 Å². The zero-order valence-electron chi connectivity index (χ0n) is 21.0. The second-order valence-electron chi connectivity index (χ2n) is 9.84. The van der Waals surface area contributed by atoms with E-state index >= 15 is 0 Å². The van der Waals surface area contributed by atoms with Crippen LogP contribution in [-0.2, 0) is 16.0 Å². The van der Waals surface area contributed by atoms with Crippen LogP contribution in [0.2, 0.25) is 0 Å². The summed E-state index contributed by atoms with van der Waals surface area (Å²) in [5.41, 5.74) is 9.36. The molecule has 0 aliphatic heterocycles. The van der Waals surface area contributed by atoms with E-state index in [1.165, 1.54) is 7.11 Å². The number of nitrogens with one attached hydrogen (secondary N) is 1. The summed E-state index contributed by atoms with van der Waals surface area (Å²) in [6.45, 7) is 5.78. The van der Waals surface area contributed by atoms with E-state index in [4.69, 9.17) is 15.5 Å². The van der Waals surface area contributed by atoms with E-state index in [9.17, 15) is 9.18 Å². The molecule has 2 aromatic heterocycles. The summed E-state index contributed by atoms with van der Waals surface area (Å²) in [7, 11) is 1.49. The summed E-state index contributed by atoms with van der Waals surface area (Å²) in [5, 5.41) is 0.